The van der Waals surface area contributed by atoms with Crippen molar-refractivity contribution in [1.29, 1.82) is 0 Å². The van der Waals surface area contributed by atoms with Crippen LogP contribution in [0.1, 0.15) is 0 Å². The lowest BCUT2D eigenvalue weighted by molar-refractivity contribution is 0.606. The summed E-state index contributed by atoms with van der Waals surface area (Å²) in [5.74, 6) is -1.84. The number of H-pyrrole nitrogens is 1. The Bertz CT molecular complexity index is 676. The summed E-state index contributed by atoms with van der Waals surface area (Å²) < 4.78 is 27.3. The molecule has 0 radical (unpaired) electrons. The third-order valence-electron chi connectivity index (χ3n) is 2.10. The van der Waals surface area contributed by atoms with E-state index in [0.29, 0.717) is 0 Å². The molecule has 0 spiro atoms. The molecule has 0 aliphatic rings. The first kappa shape index (κ1) is 12.8. The molecule has 1 heterocycles. The topological polar surface area (TPSA) is 45.8 Å². The minimum Gasteiger partial charge on any atom is -0.301 e. The maximum absolute atomic E-state index is 13.8. The van der Waals surface area contributed by atoms with Gasteiger partial charge in [0.15, 0.2) is 16.8 Å². The summed E-state index contributed by atoms with van der Waals surface area (Å²) in [6.07, 6.45) is 1.66. The lowest BCUT2D eigenvalue weighted by Crippen LogP contribution is -2.12. The Kier molecular flexibility index (Phi) is 3.42. The van der Waals surface area contributed by atoms with Crippen LogP contribution in [0.3, 0.4) is 0 Å². The van der Waals surface area contributed by atoms with Gasteiger partial charge in [0.25, 0.3) is 5.56 Å². The number of thioether (sulfide) groups is 1. The molecule has 0 unspecified atom stereocenters. The third kappa shape index (κ3) is 1.96. The van der Waals surface area contributed by atoms with Gasteiger partial charge in [-0.25, -0.2) is 13.8 Å². The van der Waals surface area contributed by atoms with Crippen molar-refractivity contribution in [3.63, 3.8) is 0 Å². The van der Waals surface area contributed by atoms with E-state index in [4.69, 9.17) is 11.6 Å². The Morgan fingerprint density at radius 1 is 1.41 bits per heavy atom. The number of rotatable bonds is 1. The predicted octanol–water partition coefficient (Wildman–Crippen LogP) is 3.34. The average molecular weight is 342 g/mol. The van der Waals surface area contributed by atoms with Gasteiger partial charge in [0.05, 0.1) is 9.50 Å². The van der Waals surface area contributed by atoms with Crippen LogP contribution in [0.25, 0.3) is 10.9 Å². The van der Waals surface area contributed by atoms with Crippen molar-refractivity contribution < 1.29 is 8.78 Å². The number of fused-ring (bicyclic) bond motifs is 1. The van der Waals surface area contributed by atoms with Crippen LogP contribution in [0.5, 0.6) is 0 Å². The van der Waals surface area contributed by atoms with Crippen molar-refractivity contribution in [2.75, 3.05) is 6.26 Å². The van der Waals surface area contributed by atoms with Crippen LogP contribution in [0, 0.1) is 11.6 Å². The summed E-state index contributed by atoms with van der Waals surface area (Å²) in [6.45, 7) is 0. The van der Waals surface area contributed by atoms with E-state index in [-0.39, 0.29) is 15.1 Å². The smallest absolute Gasteiger partial charge is 0.262 e. The van der Waals surface area contributed by atoms with E-state index in [1.165, 1.54) is 0 Å². The fourth-order valence-corrected chi connectivity index (χ4v) is 2.23. The first-order valence-electron chi connectivity index (χ1n) is 4.27. The summed E-state index contributed by atoms with van der Waals surface area (Å²) in [5, 5.41) is -0.747. The number of halogens is 4. The van der Waals surface area contributed by atoms with Crippen molar-refractivity contribution >= 4 is 50.2 Å². The van der Waals surface area contributed by atoms with Gasteiger partial charge in [0.1, 0.15) is 10.9 Å². The monoisotopic (exact) mass is 340 g/mol. The molecule has 0 aliphatic carbocycles. The molecule has 0 amide bonds. The number of nitrogens with one attached hydrogen (secondary N) is 1. The molecular weight excluding hydrogens is 338 g/mol. The molecule has 17 heavy (non-hydrogen) atoms. The molecule has 1 aromatic carbocycles. The Labute approximate surface area is 112 Å². The average Bonchev–Trinajstić information content (AvgIpc) is 2.32. The molecule has 0 fully saturated rings. The fraction of sp³-hybridized carbons (Fsp3) is 0.111. The quantitative estimate of drug-likeness (QED) is 0.374. The Hall–Kier alpha value is -0.660. The molecule has 2 rings (SSSR count). The number of aromatic nitrogens is 2. The van der Waals surface area contributed by atoms with Gasteiger partial charge in [0.2, 0.25) is 0 Å². The van der Waals surface area contributed by atoms with Crippen molar-refractivity contribution in [3.8, 4) is 0 Å². The molecule has 3 nitrogen and oxygen atoms in total. The minimum atomic E-state index is -0.989. The maximum Gasteiger partial charge on any atom is 0.262 e. The highest BCUT2D eigenvalue weighted by Crippen LogP contribution is 2.33. The van der Waals surface area contributed by atoms with Crippen molar-refractivity contribution in [2.45, 2.75) is 5.16 Å². The minimum absolute atomic E-state index is 0.204. The Morgan fingerprint density at radius 3 is 2.65 bits per heavy atom. The van der Waals surface area contributed by atoms with Crippen LogP contribution in [-0.2, 0) is 0 Å². The van der Waals surface area contributed by atoms with E-state index in [9.17, 15) is 13.6 Å². The molecule has 8 heteroatoms. The molecule has 90 valence electrons. The highest BCUT2D eigenvalue weighted by Gasteiger charge is 2.21. The predicted molar refractivity (Wildman–Crippen MR) is 66.8 cm³/mol. The van der Waals surface area contributed by atoms with E-state index in [1.54, 1.807) is 6.26 Å². The van der Waals surface area contributed by atoms with Crippen molar-refractivity contribution in [3.05, 3.63) is 31.5 Å². The summed E-state index contributed by atoms with van der Waals surface area (Å²) in [5.41, 5.74) is -1.10. The second-order valence-electron chi connectivity index (χ2n) is 3.05. The summed E-state index contributed by atoms with van der Waals surface area (Å²) >= 11 is 9.49. The zero-order valence-electron chi connectivity index (χ0n) is 8.28. The van der Waals surface area contributed by atoms with Gasteiger partial charge < -0.3 is 4.98 Å². The van der Waals surface area contributed by atoms with Crippen LogP contribution >= 0.6 is 39.3 Å². The van der Waals surface area contributed by atoms with E-state index in [1.807, 2.05) is 0 Å². The zero-order valence-corrected chi connectivity index (χ0v) is 11.4. The third-order valence-corrected chi connectivity index (χ3v) is 4.00. The van der Waals surface area contributed by atoms with Gasteiger partial charge in [-0.1, -0.05) is 23.4 Å². The number of aromatic amines is 1. The second-order valence-corrected chi connectivity index (χ2v) is 5.02. The Balaban J connectivity index is 3.06. The van der Waals surface area contributed by atoms with Crippen molar-refractivity contribution in [1.82, 2.24) is 9.97 Å². The normalized spacial score (nSPS) is 11.1. The Morgan fingerprint density at radius 2 is 2.06 bits per heavy atom. The number of hydrogen-bond acceptors (Lipinski definition) is 3. The summed E-state index contributed by atoms with van der Waals surface area (Å²) in [6, 6.07) is 0. The molecule has 0 saturated heterocycles. The highest BCUT2D eigenvalue weighted by atomic mass is 79.9. The first-order valence-corrected chi connectivity index (χ1v) is 6.67. The first-order chi connectivity index (χ1) is 7.97. The molecule has 1 N–H and O–H groups in total. The van der Waals surface area contributed by atoms with Crippen LogP contribution in [-0.4, -0.2) is 16.2 Å². The molecule has 1 aromatic heterocycles. The second kappa shape index (κ2) is 4.55. The highest BCUT2D eigenvalue weighted by molar-refractivity contribution is 9.10. The van der Waals surface area contributed by atoms with Crippen molar-refractivity contribution in [2.24, 2.45) is 0 Å². The molecule has 0 bridgehead atoms. The van der Waals surface area contributed by atoms with Crippen LogP contribution < -0.4 is 5.56 Å². The summed E-state index contributed by atoms with van der Waals surface area (Å²) in [7, 11) is 0. The van der Waals surface area contributed by atoms with Crippen LogP contribution in [0.4, 0.5) is 8.78 Å². The number of hydrogen-bond donors (Lipinski definition) is 1. The van der Waals surface area contributed by atoms with E-state index in [0.717, 1.165) is 11.8 Å². The van der Waals surface area contributed by atoms with Gasteiger partial charge in [-0.05, 0) is 22.2 Å². The zero-order chi connectivity index (χ0) is 12.7. The van der Waals surface area contributed by atoms with Crippen LogP contribution in [0.15, 0.2) is 14.4 Å². The fourth-order valence-electron chi connectivity index (χ4n) is 1.32. The van der Waals surface area contributed by atoms with Gasteiger partial charge in [-0.15, -0.1) is 0 Å². The maximum atomic E-state index is 13.8. The van der Waals surface area contributed by atoms with E-state index >= 15 is 0 Å². The molecule has 0 atom stereocenters. The molecule has 2 aromatic rings. The van der Waals surface area contributed by atoms with Gasteiger partial charge in [-0.3, -0.25) is 4.79 Å². The SMILES string of the molecule is CSc1nc2c(F)c(Br)c(Cl)c(F)c2c(=O)[nH]1. The number of nitrogens with zero attached hydrogens (tertiary/aromatic N) is 1. The molecule has 0 aliphatic heterocycles. The van der Waals surface area contributed by atoms with E-state index in [2.05, 4.69) is 25.9 Å². The van der Waals surface area contributed by atoms with E-state index < -0.39 is 27.6 Å². The molecule has 0 saturated carbocycles. The largest absolute Gasteiger partial charge is 0.301 e. The standard InChI is InChI=1S/C9H4BrClF2N2OS/c1-17-9-14-7-2(8(16)15-9)5(12)4(11)3(10)6(7)13/h1H3,(H,14,15,16). The summed E-state index contributed by atoms with van der Waals surface area (Å²) in [4.78, 5) is 17.8. The van der Waals surface area contributed by atoms with Crippen LogP contribution in [0.2, 0.25) is 5.02 Å². The van der Waals surface area contributed by atoms with Gasteiger partial charge in [0, 0.05) is 0 Å². The van der Waals surface area contributed by atoms with Gasteiger partial charge >= 0.3 is 0 Å². The lowest BCUT2D eigenvalue weighted by Gasteiger charge is -2.06. The molecular formula is C9H4BrClF2N2OS. The lowest BCUT2D eigenvalue weighted by atomic mass is 10.2. The van der Waals surface area contributed by atoms with Gasteiger partial charge in [-0.2, -0.15) is 0 Å². The number of benzene rings is 1.